The van der Waals surface area contributed by atoms with Gasteiger partial charge in [-0.2, -0.15) is 0 Å². The first-order valence-corrected chi connectivity index (χ1v) is 7.15. The Balaban J connectivity index is 1.95. The lowest BCUT2D eigenvalue weighted by Crippen LogP contribution is -2.34. The molecular formula is C16H24N2O. The van der Waals surface area contributed by atoms with Crippen LogP contribution in [0.25, 0.3) is 0 Å². The molecule has 3 atom stereocenters. The maximum absolute atomic E-state index is 12.3. The van der Waals surface area contributed by atoms with E-state index in [0.29, 0.717) is 12.3 Å². The molecule has 1 saturated carbocycles. The first kappa shape index (κ1) is 14.1. The van der Waals surface area contributed by atoms with Crippen molar-refractivity contribution in [3.05, 3.63) is 35.9 Å². The van der Waals surface area contributed by atoms with Crippen molar-refractivity contribution in [2.45, 2.75) is 44.7 Å². The lowest BCUT2D eigenvalue weighted by Gasteiger charge is -2.27. The van der Waals surface area contributed by atoms with Crippen molar-refractivity contribution in [3.8, 4) is 0 Å². The molecule has 1 amide bonds. The molecule has 104 valence electrons. The van der Waals surface area contributed by atoms with Gasteiger partial charge in [0.2, 0.25) is 5.91 Å². The fourth-order valence-electron chi connectivity index (χ4n) is 2.86. The summed E-state index contributed by atoms with van der Waals surface area (Å²) in [5.74, 6) is 0.580. The van der Waals surface area contributed by atoms with E-state index in [2.05, 4.69) is 19.1 Å². The van der Waals surface area contributed by atoms with E-state index < -0.39 is 0 Å². The molecule has 2 rings (SSSR count). The van der Waals surface area contributed by atoms with Gasteiger partial charge < -0.3 is 10.6 Å². The van der Waals surface area contributed by atoms with Gasteiger partial charge in [0.25, 0.3) is 0 Å². The van der Waals surface area contributed by atoms with Gasteiger partial charge in [-0.15, -0.1) is 0 Å². The standard InChI is InChI=1S/C16H24N2O/c1-12(13-7-4-3-5-8-13)18(2)16(19)11-14-9-6-10-15(14)17/h3-5,7-8,12,14-15H,6,9-11,17H2,1-2H3/t12?,14-,15+/m0/s1. The molecule has 19 heavy (non-hydrogen) atoms. The van der Waals surface area contributed by atoms with Crippen LogP contribution in [0.3, 0.4) is 0 Å². The van der Waals surface area contributed by atoms with Crippen LogP contribution in [0.1, 0.15) is 44.2 Å². The Labute approximate surface area is 115 Å². The van der Waals surface area contributed by atoms with Crippen LogP contribution in [-0.2, 0) is 4.79 Å². The van der Waals surface area contributed by atoms with Crippen molar-refractivity contribution in [3.63, 3.8) is 0 Å². The zero-order valence-electron chi connectivity index (χ0n) is 11.9. The Morgan fingerprint density at radius 2 is 2.05 bits per heavy atom. The van der Waals surface area contributed by atoms with Crippen LogP contribution in [0.5, 0.6) is 0 Å². The van der Waals surface area contributed by atoms with Crippen molar-refractivity contribution in [2.75, 3.05) is 7.05 Å². The Morgan fingerprint density at radius 1 is 1.37 bits per heavy atom. The Bertz CT molecular complexity index is 418. The Morgan fingerprint density at radius 3 is 2.63 bits per heavy atom. The van der Waals surface area contributed by atoms with Gasteiger partial charge in [0.15, 0.2) is 0 Å². The quantitative estimate of drug-likeness (QED) is 0.904. The van der Waals surface area contributed by atoms with Crippen LogP contribution >= 0.6 is 0 Å². The molecule has 1 aliphatic rings. The maximum atomic E-state index is 12.3. The van der Waals surface area contributed by atoms with Gasteiger partial charge >= 0.3 is 0 Å². The first-order chi connectivity index (χ1) is 9.09. The molecule has 0 saturated heterocycles. The molecule has 0 aromatic heterocycles. The molecule has 0 bridgehead atoms. The van der Waals surface area contributed by atoms with Crippen molar-refractivity contribution in [1.82, 2.24) is 4.90 Å². The minimum atomic E-state index is 0.117. The number of carbonyl (C=O) groups excluding carboxylic acids is 1. The summed E-state index contributed by atoms with van der Waals surface area (Å²) in [6.45, 7) is 2.07. The highest BCUT2D eigenvalue weighted by Gasteiger charge is 2.28. The summed E-state index contributed by atoms with van der Waals surface area (Å²) in [5, 5.41) is 0. The number of hydrogen-bond donors (Lipinski definition) is 1. The van der Waals surface area contributed by atoms with E-state index in [1.165, 1.54) is 5.56 Å². The highest BCUT2D eigenvalue weighted by atomic mass is 16.2. The summed E-state index contributed by atoms with van der Waals surface area (Å²) in [6, 6.07) is 10.5. The van der Waals surface area contributed by atoms with Gasteiger partial charge in [0.05, 0.1) is 6.04 Å². The minimum Gasteiger partial charge on any atom is -0.339 e. The Kier molecular flexibility index (Phi) is 4.59. The summed E-state index contributed by atoms with van der Waals surface area (Å²) in [6.07, 6.45) is 3.92. The number of nitrogens with zero attached hydrogens (tertiary/aromatic N) is 1. The number of carbonyl (C=O) groups is 1. The van der Waals surface area contributed by atoms with Crippen molar-refractivity contribution in [2.24, 2.45) is 11.7 Å². The van der Waals surface area contributed by atoms with Gasteiger partial charge in [-0.3, -0.25) is 4.79 Å². The number of benzene rings is 1. The lowest BCUT2D eigenvalue weighted by atomic mass is 9.98. The molecule has 1 aromatic carbocycles. The second-order valence-corrected chi connectivity index (χ2v) is 5.65. The molecule has 3 nitrogen and oxygen atoms in total. The molecule has 1 unspecified atom stereocenters. The number of rotatable bonds is 4. The zero-order chi connectivity index (χ0) is 13.8. The summed E-state index contributed by atoms with van der Waals surface area (Å²) in [7, 11) is 1.89. The van der Waals surface area contributed by atoms with Crippen LogP contribution in [0.4, 0.5) is 0 Å². The topological polar surface area (TPSA) is 46.3 Å². The smallest absolute Gasteiger partial charge is 0.223 e. The van der Waals surface area contributed by atoms with Crippen molar-refractivity contribution in [1.29, 1.82) is 0 Å². The van der Waals surface area contributed by atoms with Gasteiger partial charge in [-0.1, -0.05) is 36.8 Å². The van der Waals surface area contributed by atoms with Crippen LogP contribution < -0.4 is 5.73 Å². The number of hydrogen-bond acceptors (Lipinski definition) is 2. The second kappa shape index (κ2) is 6.20. The fraction of sp³-hybridized carbons (Fsp3) is 0.562. The molecule has 0 heterocycles. The number of amides is 1. The van der Waals surface area contributed by atoms with Gasteiger partial charge in [0.1, 0.15) is 0 Å². The van der Waals surface area contributed by atoms with Crippen LogP contribution in [-0.4, -0.2) is 23.9 Å². The summed E-state index contributed by atoms with van der Waals surface area (Å²) < 4.78 is 0. The second-order valence-electron chi connectivity index (χ2n) is 5.65. The average molecular weight is 260 g/mol. The van der Waals surface area contributed by atoms with Gasteiger partial charge in [0, 0.05) is 19.5 Å². The monoisotopic (exact) mass is 260 g/mol. The third-order valence-corrected chi connectivity index (χ3v) is 4.41. The summed E-state index contributed by atoms with van der Waals surface area (Å²) >= 11 is 0. The molecule has 0 aliphatic heterocycles. The van der Waals surface area contributed by atoms with Crippen LogP contribution in [0, 0.1) is 5.92 Å². The van der Waals surface area contributed by atoms with E-state index in [-0.39, 0.29) is 18.0 Å². The van der Waals surface area contributed by atoms with E-state index >= 15 is 0 Å². The van der Waals surface area contributed by atoms with Crippen LogP contribution in [0.2, 0.25) is 0 Å². The summed E-state index contributed by atoms with van der Waals surface area (Å²) in [4.78, 5) is 14.2. The normalized spacial score (nSPS) is 24.2. The molecule has 1 fully saturated rings. The Hall–Kier alpha value is -1.35. The predicted octanol–water partition coefficient (Wildman–Crippen LogP) is 2.72. The molecule has 1 aliphatic carbocycles. The molecule has 0 radical (unpaired) electrons. The predicted molar refractivity (Wildman–Crippen MR) is 77.6 cm³/mol. The van der Waals surface area contributed by atoms with Crippen molar-refractivity contribution < 1.29 is 4.79 Å². The van der Waals surface area contributed by atoms with E-state index in [1.807, 2.05) is 30.1 Å². The van der Waals surface area contributed by atoms with Crippen molar-refractivity contribution >= 4 is 5.91 Å². The fourth-order valence-corrected chi connectivity index (χ4v) is 2.86. The molecule has 2 N–H and O–H groups in total. The lowest BCUT2D eigenvalue weighted by molar-refractivity contribution is -0.132. The SMILES string of the molecule is CC(c1ccccc1)N(C)C(=O)C[C@@H]1CCC[C@H]1N. The molecular weight excluding hydrogens is 236 g/mol. The van der Waals surface area contributed by atoms with E-state index in [0.717, 1.165) is 19.3 Å². The maximum Gasteiger partial charge on any atom is 0.223 e. The van der Waals surface area contributed by atoms with Crippen LogP contribution in [0.15, 0.2) is 30.3 Å². The first-order valence-electron chi connectivity index (χ1n) is 7.15. The minimum absolute atomic E-state index is 0.117. The summed E-state index contributed by atoms with van der Waals surface area (Å²) in [5.41, 5.74) is 7.22. The number of nitrogens with two attached hydrogens (primary N) is 1. The third-order valence-electron chi connectivity index (χ3n) is 4.41. The van der Waals surface area contributed by atoms with Gasteiger partial charge in [-0.25, -0.2) is 0 Å². The third kappa shape index (κ3) is 3.35. The zero-order valence-corrected chi connectivity index (χ0v) is 11.9. The highest BCUT2D eigenvalue weighted by molar-refractivity contribution is 5.76. The van der Waals surface area contributed by atoms with E-state index in [9.17, 15) is 4.79 Å². The van der Waals surface area contributed by atoms with Gasteiger partial charge in [-0.05, 0) is 31.2 Å². The molecule has 3 heteroatoms. The molecule has 1 aromatic rings. The largest absolute Gasteiger partial charge is 0.339 e. The highest BCUT2D eigenvalue weighted by Crippen LogP contribution is 2.28. The average Bonchev–Trinajstić information content (AvgIpc) is 2.83. The van der Waals surface area contributed by atoms with E-state index in [4.69, 9.17) is 5.73 Å². The molecule has 0 spiro atoms. The van der Waals surface area contributed by atoms with E-state index in [1.54, 1.807) is 0 Å².